The van der Waals surface area contributed by atoms with Gasteiger partial charge in [-0.2, -0.15) is 4.48 Å². The fraction of sp³-hybridized carbons (Fsp3) is 0.222. The predicted molar refractivity (Wildman–Crippen MR) is 182 cm³/mol. The maximum Gasteiger partial charge on any atom is 0.343 e. The number of nitrogens with two attached hydrogens (primary N) is 1. The molecule has 0 aliphatic heterocycles. The number of benzene rings is 4. The van der Waals surface area contributed by atoms with E-state index in [0.717, 1.165) is 15.7 Å². The molecule has 11 heteroatoms. The van der Waals surface area contributed by atoms with Crippen molar-refractivity contribution in [3.8, 4) is 23.5 Å². The Labute approximate surface area is 274 Å². The van der Waals surface area contributed by atoms with E-state index in [2.05, 4.69) is 17.3 Å². The second-order valence-corrected chi connectivity index (χ2v) is 10.8. The van der Waals surface area contributed by atoms with Gasteiger partial charge < -0.3 is 30.3 Å². The van der Waals surface area contributed by atoms with Crippen molar-refractivity contribution < 1.29 is 28.7 Å². The van der Waals surface area contributed by atoms with Crippen LogP contribution in [0.1, 0.15) is 6.92 Å². The Morgan fingerprint density at radius 3 is 1.87 bits per heavy atom. The minimum atomic E-state index is -0.808. The SMILES string of the molecule is CC#CNCC(=O)N(CC(=O)N(CC(N)=O)CC(=O)[N+](C)(c1ccc(OC)cc1)c1ccc(OC)cc1)c1ccc2ccccc2c1. The molecule has 47 heavy (non-hydrogen) atoms. The Morgan fingerprint density at radius 1 is 0.766 bits per heavy atom. The number of anilines is 1. The number of hydrogen-bond donors (Lipinski definition) is 2. The van der Waals surface area contributed by atoms with E-state index in [0.29, 0.717) is 28.6 Å². The number of rotatable bonds is 13. The molecule has 11 nitrogen and oxygen atoms in total. The van der Waals surface area contributed by atoms with Gasteiger partial charge >= 0.3 is 5.91 Å². The zero-order valence-electron chi connectivity index (χ0n) is 26.9. The highest BCUT2D eigenvalue weighted by Crippen LogP contribution is 2.35. The van der Waals surface area contributed by atoms with Crippen molar-refractivity contribution in [2.45, 2.75) is 6.92 Å². The summed E-state index contributed by atoms with van der Waals surface area (Å²) in [5, 5.41) is 4.56. The monoisotopic (exact) mass is 636 g/mol. The average molecular weight is 637 g/mol. The van der Waals surface area contributed by atoms with Crippen molar-refractivity contribution in [3.05, 3.63) is 91.0 Å². The van der Waals surface area contributed by atoms with E-state index < -0.39 is 43.3 Å². The number of fused-ring (bicyclic) bond motifs is 1. The van der Waals surface area contributed by atoms with Gasteiger partial charge in [0.2, 0.25) is 17.7 Å². The van der Waals surface area contributed by atoms with Gasteiger partial charge in [-0.05, 0) is 54.1 Å². The molecular weight excluding hydrogens is 598 g/mol. The number of nitrogens with one attached hydrogen (secondary N) is 1. The Balaban J connectivity index is 1.69. The van der Waals surface area contributed by atoms with Crippen LogP contribution >= 0.6 is 0 Å². The van der Waals surface area contributed by atoms with Gasteiger partial charge in [0.15, 0.2) is 0 Å². The van der Waals surface area contributed by atoms with E-state index in [-0.39, 0.29) is 11.0 Å². The summed E-state index contributed by atoms with van der Waals surface area (Å²) in [7, 11) is 4.79. The molecule has 0 atom stereocenters. The molecule has 0 aliphatic rings. The van der Waals surface area contributed by atoms with Gasteiger partial charge in [0, 0.05) is 36.0 Å². The molecule has 0 heterocycles. The first-order valence-corrected chi connectivity index (χ1v) is 14.8. The fourth-order valence-corrected chi connectivity index (χ4v) is 5.13. The van der Waals surface area contributed by atoms with Crippen LogP contribution in [0.25, 0.3) is 10.8 Å². The molecule has 4 aromatic carbocycles. The number of amides is 4. The van der Waals surface area contributed by atoms with Crippen molar-refractivity contribution in [3.63, 3.8) is 0 Å². The summed E-state index contributed by atoms with van der Waals surface area (Å²) in [6.45, 7) is 0.00305. The Bertz CT molecular complexity index is 1760. The van der Waals surface area contributed by atoms with Gasteiger partial charge in [0.1, 0.15) is 49.1 Å². The highest BCUT2D eigenvalue weighted by atomic mass is 16.5. The van der Waals surface area contributed by atoms with Crippen LogP contribution < -0.4 is 29.9 Å². The smallest absolute Gasteiger partial charge is 0.343 e. The highest BCUT2D eigenvalue weighted by molar-refractivity contribution is 6.03. The van der Waals surface area contributed by atoms with Gasteiger partial charge in [-0.1, -0.05) is 36.3 Å². The van der Waals surface area contributed by atoms with Crippen LogP contribution in [0.2, 0.25) is 0 Å². The lowest BCUT2D eigenvalue weighted by Gasteiger charge is -2.33. The molecule has 4 rings (SSSR count). The number of methoxy groups -OCH3 is 2. The third kappa shape index (κ3) is 8.06. The molecule has 0 aliphatic carbocycles. The standard InChI is InChI=1S/C36H37N5O6/c1-5-20-38-22-34(43)40(28-11-10-26-8-6-7-9-27(26)21-28)24-35(44)39(23-33(37)42)25-36(45)41(2,29-12-16-31(46-3)17-13-29)30-14-18-32(47-4)19-15-30/h6-19,21,38H,22-25H2,1-4H3,(H-,37,42)/p+1. The Kier molecular flexibility index (Phi) is 11.2. The molecule has 0 unspecified atom stereocenters. The molecule has 4 amide bonds. The summed E-state index contributed by atoms with van der Waals surface area (Å²) in [4.78, 5) is 56.3. The maximum absolute atomic E-state index is 14.3. The first kappa shape index (κ1) is 34.0. The van der Waals surface area contributed by atoms with E-state index >= 15 is 0 Å². The van der Waals surface area contributed by atoms with Crippen LogP contribution in [0, 0.1) is 12.0 Å². The lowest BCUT2D eigenvalue weighted by atomic mass is 10.1. The molecule has 0 bridgehead atoms. The zero-order valence-corrected chi connectivity index (χ0v) is 26.9. The van der Waals surface area contributed by atoms with E-state index in [1.807, 2.05) is 30.3 Å². The van der Waals surface area contributed by atoms with Gasteiger partial charge in [-0.25, -0.2) is 4.79 Å². The van der Waals surface area contributed by atoms with Crippen molar-refractivity contribution in [2.24, 2.45) is 5.73 Å². The van der Waals surface area contributed by atoms with Crippen LogP contribution in [-0.4, -0.2) is 76.0 Å². The summed E-state index contributed by atoms with van der Waals surface area (Å²) in [5.74, 6) is 1.56. The number of nitrogens with zero attached hydrogens (tertiary/aromatic N) is 3. The Hall–Kier alpha value is -5.86. The van der Waals surface area contributed by atoms with Crippen LogP contribution in [-0.2, 0) is 19.2 Å². The molecule has 242 valence electrons. The lowest BCUT2D eigenvalue weighted by Crippen LogP contribution is -2.55. The van der Waals surface area contributed by atoms with Crippen molar-refractivity contribution in [2.75, 3.05) is 52.3 Å². The fourth-order valence-electron chi connectivity index (χ4n) is 5.13. The van der Waals surface area contributed by atoms with E-state index in [4.69, 9.17) is 15.2 Å². The molecule has 0 saturated carbocycles. The van der Waals surface area contributed by atoms with Crippen molar-refractivity contribution in [1.29, 1.82) is 0 Å². The first-order valence-electron chi connectivity index (χ1n) is 14.8. The third-order valence-electron chi connectivity index (χ3n) is 7.79. The van der Waals surface area contributed by atoms with E-state index in [1.165, 1.54) is 4.90 Å². The van der Waals surface area contributed by atoms with Gasteiger partial charge in [-0.15, -0.1) is 0 Å². The number of ether oxygens (including phenoxy) is 2. The third-order valence-corrected chi connectivity index (χ3v) is 7.79. The van der Waals surface area contributed by atoms with Gasteiger partial charge in [0.25, 0.3) is 0 Å². The number of likely N-dealkylation sites (N-methyl/N-ethyl adjacent to an activating group) is 1. The second kappa shape index (κ2) is 15.4. The quantitative estimate of drug-likeness (QED) is 0.130. The van der Waals surface area contributed by atoms with E-state index in [9.17, 15) is 19.2 Å². The second-order valence-electron chi connectivity index (χ2n) is 10.8. The van der Waals surface area contributed by atoms with Crippen molar-refractivity contribution >= 4 is 51.5 Å². The van der Waals surface area contributed by atoms with E-state index in [1.54, 1.807) is 88.9 Å². The summed E-state index contributed by atoms with van der Waals surface area (Å²) >= 11 is 0. The average Bonchev–Trinajstić information content (AvgIpc) is 3.09. The molecule has 0 saturated heterocycles. The van der Waals surface area contributed by atoms with Gasteiger partial charge in [-0.3, -0.25) is 14.4 Å². The molecule has 4 aromatic rings. The highest BCUT2D eigenvalue weighted by Gasteiger charge is 2.39. The van der Waals surface area contributed by atoms with Gasteiger partial charge in [0.05, 0.1) is 21.3 Å². The Morgan fingerprint density at radius 2 is 1.34 bits per heavy atom. The molecule has 0 spiro atoms. The number of primary amides is 1. The summed E-state index contributed by atoms with van der Waals surface area (Å²) in [5.41, 5.74) is 7.21. The molecule has 0 aromatic heterocycles. The number of quaternary nitrogens is 1. The molecule has 3 N–H and O–H groups in total. The number of carbonyl (C=O) groups is 4. The maximum atomic E-state index is 14.3. The van der Waals surface area contributed by atoms with Crippen LogP contribution in [0.3, 0.4) is 0 Å². The zero-order chi connectivity index (χ0) is 34.0. The summed E-state index contributed by atoms with van der Waals surface area (Å²) in [6.07, 6.45) is 0. The van der Waals surface area contributed by atoms with Crippen molar-refractivity contribution in [1.82, 2.24) is 14.7 Å². The number of hydrogen-bond acceptors (Lipinski definition) is 7. The largest absolute Gasteiger partial charge is 0.497 e. The van der Waals surface area contributed by atoms with Crippen LogP contribution in [0.15, 0.2) is 91.0 Å². The minimum absolute atomic E-state index is 0.167. The summed E-state index contributed by atoms with van der Waals surface area (Å²) in [6, 6.07) is 29.6. The molecule has 0 fully saturated rings. The first-order chi connectivity index (χ1) is 22.6. The predicted octanol–water partition coefficient (Wildman–Crippen LogP) is 3.57. The topological polar surface area (TPSA) is 131 Å². The summed E-state index contributed by atoms with van der Waals surface area (Å²) < 4.78 is 10.3. The minimum Gasteiger partial charge on any atom is -0.497 e. The molecular formula is C36H38N5O6+. The van der Waals surface area contributed by atoms with Crippen LogP contribution in [0.4, 0.5) is 17.1 Å². The number of carbonyl (C=O) groups excluding carboxylic acids is 4. The van der Waals surface area contributed by atoms with Crippen LogP contribution in [0.5, 0.6) is 11.5 Å². The molecule has 0 radical (unpaired) electrons. The lowest BCUT2D eigenvalue weighted by molar-refractivity contribution is -0.139. The normalized spacial score (nSPS) is 10.7.